The van der Waals surface area contributed by atoms with Crippen LogP contribution in [-0.2, 0) is 17.8 Å². The Morgan fingerprint density at radius 2 is 1.82 bits per heavy atom. The molecule has 28 heavy (non-hydrogen) atoms. The average molecular weight is 389 g/mol. The van der Waals surface area contributed by atoms with Gasteiger partial charge in [0.15, 0.2) is 0 Å². The predicted molar refractivity (Wildman–Crippen MR) is 105 cm³/mol. The Morgan fingerprint density at radius 1 is 1.14 bits per heavy atom. The highest BCUT2D eigenvalue weighted by molar-refractivity contribution is 6.43. The molecular formula is C21H31N3O4. The molecule has 1 aromatic heterocycles. The number of carbonyl (C=O) groups is 3. The van der Waals surface area contributed by atoms with Gasteiger partial charge in [0, 0.05) is 18.3 Å². The van der Waals surface area contributed by atoms with Gasteiger partial charge in [-0.15, -0.1) is 0 Å². The van der Waals surface area contributed by atoms with E-state index >= 15 is 0 Å². The van der Waals surface area contributed by atoms with Crippen molar-refractivity contribution in [2.45, 2.75) is 83.8 Å². The SMILES string of the molecule is Cc1c(C(=O)NC2CCCC2)c2n(c1C(=O)C(=O)NC(C)(C)CO)CCCC2. The van der Waals surface area contributed by atoms with Crippen LogP contribution in [-0.4, -0.2) is 45.5 Å². The summed E-state index contributed by atoms with van der Waals surface area (Å²) in [5.74, 6) is -1.54. The van der Waals surface area contributed by atoms with Gasteiger partial charge in [-0.05, 0) is 58.4 Å². The second-order valence-corrected chi connectivity index (χ2v) is 8.68. The number of hydrogen-bond acceptors (Lipinski definition) is 4. The monoisotopic (exact) mass is 389 g/mol. The Labute approximate surface area is 165 Å². The lowest BCUT2D eigenvalue weighted by atomic mass is 10.0. The molecule has 0 unspecified atom stereocenters. The number of aliphatic hydroxyl groups is 1. The van der Waals surface area contributed by atoms with Gasteiger partial charge in [-0.25, -0.2) is 0 Å². The van der Waals surface area contributed by atoms with Gasteiger partial charge in [0.1, 0.15) is 0 Å². The number of aromatic nitrogens is 1. The van der Waals surface area contributed by atoms with Crippen molar-refractivity contribution in [1.82, 2.24) is 15.2 Å². The second kappa shape index (κ2) is 8.07. The number of nitrogens with zero attached hydrogens (tertiary/aromatic N) is 1. The van der Waals surface area contributed by atoms with Crippen molar-refractivity contribution < 1.29 is 19.5 Å². The van der Waals surface area contributed by atoms with E-state index in [0.717, 1.165) is 50.6 Å². The zero-order valence-electron chi connectivity index (χ0n) is 17.1. The Bertz CT molecular complexity index is 788. The molecule has 0 radical (unpaired) electrons. The van der Waals surface area contributed by atoms with E-state index in [4.69, 9.17) is 0 Å². The maximum Gasteiger partial charge on any atom is 0.294 e. The number of amides is 2. The van der Waals surface area contributed by atoms with Gasteiger partial charge in [0.05, 0.1) is 23.4 Å². The molecule has 1 aliphatic carbocycles. The lowest BCUT2D eigenvalue weighted by Gasteiger charge is -2.23. The van der Waals surface area contributed by atoms with Crippen LogP contribution in [0.2, 0.25) is 0 Å². The zero-order valence-corrected chi connectivity index (χ0v) is 17.1. The summed E-state index contributed by atoms with van der Waals surface area (Å²) >= 11 is 0. The highest BCUT2D eigenvalue weighted by atomic mass is 16.3. The Morgan fingerprint density at radius 3 is 2.46 bits per heavy atom. The van der Waals surface area contributed by atoms with Crippen LogP contribution in [0.5, 0.6) is 0 Å². The summed E-state index contributed by atoms with van der Waals surface area (Å²) in [5.41, 5.74) is 1.41. The normalized spacial score (nSPS) is 17.3. The van der Waals surface area contributed by atoms with Gasteiger partial charge in [0.2, 0.25) is 0 Å². The third kappa shape index (κ3) is 3.99. The van der Waals surface area contributed by atoms with Crippen LogP contribution in [0.1, 0.15) is 84.5 Å². The molecule has 0 bridgehead atoms. The van der Waals surface area contributed by atoms with Crippen LogP contribution in [0.25, 0.3) is 0 Å². The van der Waals surface area contributed by atoms with Crippen LogP contribution in [0.4, 0.5) is 0 Å². The van der Waals surface area contributed by atoms with Crippen molar-refractivity contribution in [2.75, 3.05) is 6.61 Å². The smallest absolute Gasteiger partial charge is 0.294 e. The number of carbonyl (C=O) groups excluding carboxylic acids is 3. The molecule has 1 saturated carbocycles. The molecule has 0 spiro atoms. The molecule has 3 N–H and O–H groups in total. The zero-order chi connectivity index (χ0) is 20.5. The summed E-state index contributed by atoms with van der Waals surface area (Å²) < 4.78 is 1.86. The molecule has 0 aromatic carbocycles. The molecule has 0 saturated heterocycles. The van der Waals surface area contributed by atoms with Crippen molar-refractivity contribution >= 4 is 17.6 Å². The lowest BCUT2D eigenvalue weighted by Crippen LogP contribution is -2.49. The molecule has 1 fully saturated rings. The van der Waals surface area contributed by atoms with E-state index in [1.165, 1.54) is 0 Å². The minimum atomic E-state index is -0.888. The maximum atomic E-state index is 13.0. The third-order valence-corrected chi connectivity index (χ3v) is 5.85. The number of Topliss-reactive ketones (excluding diaryl/α,β-unsaturated/α-hetero) is 1. The van der Waals surface area contributed by atoms with Crippen molar-refractivity contribution in [1.29, 1.82) is 0 Å². The van der Waals surface area contributed by atoms with E-state index in [0.29, 0.717) is 23.4 Å². The number of nitrogens with one attached hydrogen (secondary N) is 2. The van der Waals surface area contributed by atoms with E-state index in [9.17, 15) is 19.5 Å². The topological polar surface area (TPSA) is 100 Å². The Kier molecular flexibility index (Phi) is 5.93. The summed E-state index contributed by atoms with van der Waals surface area (Å²) in [6.45, 7) is 5.42. The maximum absolute atomic E-state index is 13.0. The van der Waals surface area contributed by atoms with Crippen LogP contribution in [0.15, 0.2) is 0 Å². The first-order valence-electron chi connectivity index (χ1n) is 10.3. The molecule has 7 heteroatoms. The van der Waals surface area contributed by atoms with E-state index in [2.05, 4.69) is 10.6 Å². The molecule has 0 atom stereocenters. The van der Waals surface area contributed by atoms with E-state index in [1.807, 2.05) is 4.57 Å². The number of rotatable bonds is 6. The van der Waals surface area contributed by atoms with E-state index < -0.39 is 17.2 Å². The second-order valence-electron chi connectivity index (χ2n) is 8.68. The molecule has 1 aliphatic heterocycles. The quantitative estimate of drug-likeness (QED) is 0.511. The van der Waals surface area contributed by atoms with Crippen molar-refractivity contribution in [3.63, 3.8) is 0 Å². The van der Waals surface area contributed by atoms with Gasteiger partial charge < -0.3 is 20.3 Å². The summed E-state index contributed by atoms with van der Waals surface area (Å²) in [5, 5.41) is 15.1. The number of hydrogen-bond donors (Lipinski definition) is 3. The van der Waals surface area contributed by atoms with Gasteiger partial charge in [-0.2, -0.15) is 0 Å². The fourth-order valence-electron chi connectivity index (χ4n) is 4.31. The van der Waals surface area contributed by atoms with Gasteiger partial charge in [-0.3, -0.25) is 14.4 Å². The Hall–Kier alpha value is -2.15. The van der Waals surface area contributed by atoms with Crippen LogP contribution in [0.3, 0.4) is 0 Å². The number of ketones is 1. The fraction of sp³-hybridized carbons (Fsp3) is 0.667. The van der Waals surface area contributed by atoms with E-state index in [1.54, 1.807) is 20.8 Å². The third-order valence-electron chi connectivity index (χ3n) is 5.85. The van der Waals surface area contributed by atoms with Crippen molar-refractivity contribution in [3.05, 3.63) is 22.5 Å². The highest BCUT2D eigenvalue weighted by Crippen LogP contribution is 2.29. The first kappa shape index (κ1) is 20.6. The van der Waals surface area contributed by atoms with Crippen molar-refractivity contribution in [3.8, 4) is 0 Å². The molecule has 7 nitrogen and oxygen atoms in total. The predicted octanol–water partition coefficient (Wildman–Crippen LogP) is 1.88. The summed E-state index contributed by atoms with van der Waals surface area (Å²) in [6, 6.07) is 0.193. The minimum absolute atomic E-state index is 0.134. The molecule has 2 amide bonds. The molecular weight excluding hydrogens is 358 g/mol. The van der Waals surface area contributed by atoms with Crippen molar-refractivity contribution in [2.24, 2.45) is 0 Å². The largest absolute Gasteiger partial charge is 0.394 e. The Balaban J connectivity index is 1.93. The van der Waals surface area contributed by atoms with Gasteiger partial charge >= 0.3 is 0 Å². The van der Waals surface area contributed by atoms with Crippen LogP contribution < -0.4 is 10.6 Å². The standard InChI is InChI=1S/C21H31N3O4/c1-13-16(19(27)22-14-8-4-5-9-14)15-10-6-7-11-24(15)17(13)18(26)20(28)23-21(2,3)12-25/h14,25H,4-12H2,1-3H3,(H,22,27)(H,23,28). The fourth-order valence-corrected chi connectivity index (χ4v) is 4.31. The lowest BCUT2D eigenvalue weighted by molar-refractivity contribution is -0.119. The van der Waals surface area contributed by atoms with Gasteiger partial charge in [0.25, 0.3) is 17.6 Å². The molecule has 154 valence electrons. The summed E-state index contributed by atoms with van der Waals surface area (Å²) in [4.78, 5) is 38.5. The molecule has 2 aliphatic rings. The van der Waals surface area contributed by atoms with Crippen LogP contribution >= 0.6 is 0 Å². The number of fused-ring (bicyclic) bond motifs is 1. The molecule has 3 rings (SSSR count). The number of aliphatic hydroxyl groups excluding tert-OH is 1. The highest BCUT2D eigenvalue weighted by Gasteiger charge is 2.34. The van der Waals surface area contributed by atoms with E-state index in [-0.39, 0.29) is 18.6 Å². The first-order valence-corrected chi connectivity index (χ1v) is 10.3. The first-order chi connectivity index (χ1) is 13.2. The average Bonchev–Trinajstić information content (AvgIpc) is 3.25. The molecule has 1 aromatic rings. The van der Waals surface area contributed by atoms with Gasteiger partial charge in [-0.1, -0.05) is 12.8 Å². The van der Waals surface area contributed by atoms with Crippen LogP contribution in [0, 0.1) is 6.92 Å². The summed E-state index contributed by atoms with van der Waals surface area (Å²) in [7, 11) is 0. The molecule has 2 heterocycles. The summed E-state index contributed by atoms with van der Waals surface area (Å²) in [6.07, 6.45) is 6.84. The minimum Gasteiger partial charge on any atom is -0.394 e.